The van der Waals surface area contributed by atoms with Gasteiger partial charge in [0.2, 0.25) is 11.2 Å². The van der Waals surface area contributed by atoms with Gasteiger partial charge in [0.05, 0.1) is 7.11 Å². The molecular weight excluding hydrogens is 272 g/mol. The molecule has 1 atom stereocenters. The van der Waals surface area contributed by atoms with E-state index in [-0.39, 0.29) is 17.3 Å². The van der Waals surface area contributed by atoms with Gasteiger partial charge in [-0.05, 0) is 30.0 Å². The summed E-state index contributed by atoms with van der Waals surface area (Å²) in [5.41, 5.74) is 0. The highest BCUT2D eigenvalue weighted by Crippen LogP contribution is 2.15. The van der Waals surface area contributed by atoms with Crippen LogP contribution in [0.25, 0.3) is 0 Å². The molecule has 0 aromatic carbocycles. The molecule has 0 fully saturated rings. The first kappa shape index (κ1) is 13.0. The lowest BCUT2D eigenvalue weighted by molar-refractivity contribution is 0.378. The Morgan fingerprint density at radius 1 is 1.44 bits per heavy atom. The molecule has 0 aliphatic carbocycles. The smallest absolute Gasteiger partial charge is 0.322 e. The van der Waals surface area contributed by atoms with Gasteiger partial charge in [0.1, 0.15) is 0 Å². The van der Waals surface area contributed by atoms with Crippen molar-refractivity contribution in [2.75, 3.05) is 12.4 Å². The number of nitrogens with zero attached hydrogens (tertiary/aromatic N) is 3. The molecule has 7 heteroatoms. The summed E-state index contributed by atoms with van der Waals surface area (Å²) in [6.45, 7) is 2.06. The van der Waals surface area contributed by atoms with Gasteiger partial charge in [0, 0.05) is 17.3 Å². The molecule has 0 amide bonds. The molecule has 0 aliphatic rings. The van der Waals surface area contributed by atoms with Gasteiger partial charge < -0.3 is 10.1 Å². The maximum absolute atomic E-state index is 5.77. The molecule has 2 heterocycles. The highest BCUT2D eigenvalue weighted by Gasteiger charge is 2.09. The average Bonchev–Trinajstić information content (AvgIpc) is 2.80. The van der Waals surface area contributed by atoms with E-state index in [1.54, 1.807) is 11.3 Å². The van der Waals surface area contributed by atoms with Gasteiger partial charge in [-0.25, -0.2) is 0 Å². The van der Waals surface area contributed by atoms with E-state index >= 15 is 0 Å². The van der Waals surface area contributed by atoms with E-state index in [1.807, 2.05) is 6.07 Å². The Morgan fingerprint density at radius 2 is 2.28 bits per heavy atom. The van der Waals surface area contributed by atoms with Crippen LogP contribution in [0.5, 0.6) is 6.01 Å². The number of hydrogen-bond donors (Lipinski definition) is 1. The number of anilines is 1. The summed E-state index contributed by atoms with van der Waals surface area (Å²) in [7, 11) is 1.49. The van der Waals surface area contributed by atoms with Gasteiger partial charge in [-0.15, -0.1) is 11.3 Å². The fourth-order valence-electron chi connectivity index (χ4n) is 1.49. The molecule has 0 saturated heterocycles. The summed E-state index contributed by atoms with van der Waals surface area (Å²) in [4.78, 5) is 13.2. The molecule has 5 nitrogen and oxygen atoms in total. The van der Waals surface area contributed by atoms with Crippen LogP contribution in [0.4, 0.5) is 5.95 Å². The van der Waals surface area contributed by atoms with Crippen LogP contribution in [0.1, 0.15) is 11.8 Å². The van der Waals surface area contributed by atoms with E-state index < -0.39 is 0 Å². The zero-order chi connectivity index (χ0) is 13.0. The van der Waals surface area contributed by atoms with E-state index in [2.05, 4.69) is 38.6 Å². The van der Waals surface area contributed by atoms with E-state index in [0.29, 0.717) is 5.95 Å². The van der Waals surface area contributed by atoms with Crippen LogP contribution in [-0.4, -0.2) is 28.1 Å². The van der Waals surface area contributed by atoms with E-state index in [0.717, 1.165) is 6.42 Å². The van der Waals surface area contributed by atoms with Crippen molar-refractivity contribution in [2.45, 2.75) is 19.4 Å². The minimum absolute atomic E-state index is 0.118. The van der Waals surface area contributed by atoms with Gasteiger partial charge in [-0.1, -0.05) is 6.07 Å². The Hall–Kier alpha value is -1.40. The number of halogens is 1. The lowest BCUT2D eigenvalue weighted by Crippen LogP contribution is -2.19. The summed E-state index contributed by atoms with van der Waals surface area (Å²) in [6, 6.07) is 4.55. The number of methoxy groups -OCH3 is 1. The maximum atomic E-state index is 5.77. The molecule has 1 N–H and O–H groups in total. The van der Waals surface area contributed by atoms with Gasteiger partial charge in [0.25, 0.3) is 0 Å². The van der Waals surface area contributed by atoms with Gasteiger partial charge in [-0.2, -0.15) is 15.0 Å². The normalized spacial score (nSPS) is 12.2. The van der Waals surface area contributed by atoms with Crippen LogP contribution in [-0.2, 0) is 6.42 Å². The molecule has 0 aliphatic heterocycles. The Kier molecular flexibility index (Phi) is 4.33. The molecule has 0 bridgehead atoms. The largest absolute Gasteiger partial charge is 0.467 e. The second-order valence-corrected chi connectivity index (χ2v) is 5.11. The van der Waals surface area contributed by atoms with Crippen molar-refractivity contribution >= 4 is 28.9 Å². The molecular formula is C11H13ClN4OS. The molecule has 0 radical (unpaired) electrons. The van der Waals surface area contributed by atoms with Crippen LogP contribution in [0.15, 0.2) is 17.5 Å². The third-order valence-corrected chi connectivity index (χ3v) is 3.30. The molecule has 2 aromatic rings. The van der Waals surface area contributed by atoms with Crippen LogP contribution in [0.2, 0.25) is 5.28 Å². The summed E-state index contributed by atoms with van der Waals surface area (Å²) in [5.74, 6) is 0.427. The van der Waals surface area contributed by atoms with Crippen LogP contribution in [0.3, 0.4) is 0 Å². The molecule has 2 aromatic heterocycles. The monoisotopic (exact) mass is 284 g/mol. The lowest BCUT2D eigenvalue weighted by atomic mass is 10.2. The topological polar surface area (TPSA) is 59.9 Å². The minimum atomic E-state index is 0.118. The summed E-state index contributed by atoms with van der Waals surface area (Å²) in [6.07, 6.45) is 0.906. The Morgan fingerprint density at radius 3 is 2.94 bits per heavy atom. The van der Waals surface area contributed by atoms with Crippen molar-refractivity contribution in [1.29, 1.82) is 0 Å². The van der Waals surface area contributed by atoms with Crippen molar-refractivity contribution in [3.8, 4) is 6.01 Å². The molecule has 2 rings (SSSR count). The van der Waals surface area contributed by atoms with E-state index in [9.17, 15) is 0 Å². The molecule has 0 spiro atoms. The number of aromatic nitrogens is 3. The number of nitrogens with one attached hydrogen (secondary N) is 1. The van der Waals surface area contributed by atoms with Crippen molar-refractivity contribution in [3.63, 3.8) is 0 Å². The Balaban J connectivity index is 2.02. The fourth-order valence-corrected chi connectivity index (χ4v) is 2.48. The predicted octanol–water partition coefficient (Wildman–Crippen LogP) is 2.64. The zero-order valence-corrected chi connectivity index (χ0v) is 11.6. The van der Waals surface area contributed by atoms with Crippen LogP contribution >= 0.6 is 22.9 Å². The first-order chi connectivity index (χ1) is 8.67. The highest BCUT2D eigenvalue weighted by atomic mass is 35.5. The summed E-state index contributed by atoms with van der Waals surface area (Å²) < 4.78 is 4.94. The first-order valence-corrected chi connectivity index (χ1v) is 6.67. The van der Waals surface area contributed by atoms with Crippen LogP contribution < -0.4 is 10.1 Å². The number of rotatable bonds is 5. The second-order valence-electron chi connectivity index (χ2n) is 3.74. The number of thiophene rings is 1. The maximum Gasteiger partial charge on any atom is 0.322 e. The lowest BCUT2D eigenvalue weighted by Gasteiger charge is -2.12. The van der Waals surface area contributed by atoms with Crippen molar-refractivity contribution in [1.82, 2.24) is 15.0 Å². The third-order valence-electron chi connectivity index (χ3n) is 2.23. The highest BCUT2D eigenvalue weighted by molar-refractivity contribution is 7.09. The average molecular weight is 285 g/mol. The van der Waals surface area contributed by atoms with E-state index in [1.165, 1.54) is 12.0 Å². The fraction of sp³-hybridized carbons (Fsp3) is 0.364. The van der Waals surface area contributed by atoms with Gasteiger partial charge in [0.15, 0.2) is 0 Å². The summed E-state index contributed by atoms with van der Waals surface area (Å²) >= 11 is 7.50. The quantitative estimate of drug-likeness (QED) is 0.915. The van der Waals surface area contributed by atoms with Gasteiger partial charge in [-0.3, -0.25) is 0 Å². The van der Waals surface area contributed by atoms with Crippen LogP contribution in [0, 0.1) is 0 Å². The van der Waals surface area contributed by atoms with Crippen molar-refractivity contribution in [3.05, 3.63) is 27.7 Å². The zero-order valence-electron chi connectivity index (χ0n) is 10.1. The Labute approximate surface area is 114 Å². The number of hydrogen-bond acceptors (Lipinski definition) is 6. The molecule has 18 heavy (non-hydrogen) atoms. The second kappa shape index (κ2) is 5.97. The molecule has 0 saturated carbocycles. The Bertz CT molecular complexity index is 506. The van der Waals surface area contributed by atoms with Crippen molar-refractivity contribution in [2.24, 2.45) is 0 Å². The molecule has 96 valence electrons. The first-order valence-electron chi connectivity index (χ1n) is 5.42. The number of ether oxygens (including phenoxy) is 1. The molecule has 1 unspecified atom stereocenters. The summed E-state index contributed by atoms with van der Waals surface area (Å²) in [5, 5.41) is 5.35. The van der Waals surface area contributed by atoms with E-state index in [4.69, 9.17) is 16.3 Å². The standard InChI is InChI=1S/C11H13ClN4OS/c1-7(6-8-4-3-5-18-8)13-10-14-9(12)15-11(16-10)17-2/h3-5,7H,6H2,1-2H3,(H,13,14,15,16). The SMILES string of the molecule is COc1nc(Cl)nc(NC(C)Cc2cccs2)n1. The minimum Gasteiger partial charge on any atom is -0.467 e. The van der Waals surface area contributed by atoms with Crippen molar-refractivity contribution < 1.29 is 4.74 Å². The third kappa shape index (κ3) is 3.54. The predicted molar refractivity (Wildman–Crippen MR) is 72.5 cm³/mol. The van der Waals surface area contributed by atoms with Gasteiger partial charge >= 0.3 is 6.01 Å².